The van der Waals surface area contributed by atoms with Gasteiger partial charge in [0, 0.05) is 5.69 Å². The lowest BCUT2D eigenvalue weighted by Crippen LogP contribution is -2.34. The minimum Gasteiger partial charge on any atom is -0.497 e. The number of carbonyl (C=O) groups is 1. The Morgan fingerprint density at radius 3 is 2.40 bits per heavy atom. The molecule has 0 unspecified atom stereocenters. The van der Waals surface area contributed by atoms with Gasteiger partial charge >= 0.3 is 11.7 Å². The molecule has 7 nitrogen and oxygen atoms in total. The topological polar surface area (TPSA) is 69.4 Å². The molecule has 1 amide bonds. The van der Waals surface area contributed by atoms with Crippen molar-refractivity contribution >= 4 is 11.7 Å². The summed E-state index contributed by atoms with van der Waals surface area (Å²) >= 11 is 0. The van der Waals surface area contributed by atoms with E-state index in [0.717, 1.165) is 10.1 Å². The van der Waals surface area contributed by atoms with Crippen LogP contribution in [-0.4, -0.2) is 27.5 Å². The van der Waals surface area contributed by atoms with E-state index in [2.05, 4.69) is 5.10 Å². The number of fused-ring (bicyclic) bond motifs is 1. The second-order valence-electron chi connectivity index (χ2n) is 5.74. The average molecular weight is 336 g/mol. The zero-order chi connectivity index (χ0) is 17.4. The lowest BCUT2D eigenvalue weighted by molar-refractivity contribution is 0.250. The maximum atomic E-state index is 12.6. The van der Waals surface area contributed by atoms with E-state index in [0.29, 0.717) is 23.8 Å². The van der Waals surface area contributed by atoms with Crippen LogP contribution in [0.3, 0.4) is 0 Å². The van der Waals surface area contributed by atoms with Crippen molar-refractivity contribution in [2.24, 2.45) is 0 Å². The van der Waals surface area contributed by atoms with Crippen LogP contribution in [0.25, 0.3) is 0 Å². The van der Waals surface area contributed by atoms with E-state index in [1.54, 1.807) is 31.4 Å². The molecule has 0 bridgehead atoms. The molecule has 1 aliphatic heterocycles. The zero-order valence-electron chi connectivity index (χ0n) is 13.6. The normalized spacial score (nSPS) is 13.2. The van der Waals surface area contributed by atoms with Crippen LogP contribution in [0.4, 0.5) is 10.5 Å². The number of aromatic nitrogens is 3. The predicted octanol–water partition coefficient (Wildman–Crippen LogP) is 2.09. The van der Waals surface area contributed by atoms with E-state index in [1.807, 2.05) is 30.3 Å². The van der Waals surface area contributed by atoms with E-state index in [9.17, 15) is 9.59 Å². The molecule has 0 atom stereocenters. The fraction of sp³-hybridized carbons (Fsp3) is 0.167. The van der Waals surface area contributed by atoms with Crippen LogP contribution >= 0.6 is 0 Å². The monoisotopic (exact) mass is 336 g/mol. The number of hydrogen-bond acceptors (Lipinski definition) is 4. The van der Waals surface area contributed by atoms with Crippen LogP contribution in [0.2, 0.25) is 0 Å². The number of anilines is 1. The summed E-state index contributed by atoms with van der Waals surface area (Å²) in [7, 11) is 1.58. The van der Waals surface area contributed by atoms with Gasteiger partial charge in [-0.05, 0) is 29.8 Å². The van der Waals surface area contributed by atoms with E-state index >= 15 is 0 Å². The average Bonchev–Trinajstić information content (AvgIpc) is 3.13. The highest BCUT2D eigenvalue weighted by Crippen LogP contribution is 2.24. The molecule has 2 aromatic carbocycles. The molecule has 0 spiro atoms. The fourth-order valence-electron chi connectivity index (χ4n) is 2.90. The van der Waals surface area contributed by atoms with Gasteiger partial charge < -0.3 is 4.74 Å². The summed E-state index contributed by atoms with van der Waals surface area (Å²) in [5.74, 6) is 1.15. The predicted molar refractivity (Wildman–Crippen MR) is 92.0 cm³/mol. The number of amides is 1. The first-order valence-corrected chi connectivity index (χ1v) is 7.86. The first kappa shape index (κ1) is 15.2. The van der Waals surface area contributed by atoms with Gasteiger partial charge in [-0.2, -0.15) is 9.67 Å². The lowest BCUT2D eigenvalue weighted by atomic mass is 10.2. The van der Waals surface area contributed by atoms with Gasteiger partial charge in [-0.1, -0.05) is 30.3 Å². The third-order valence-electron chi connectivity index (χ3n) is 4.19. The Balaban J connectivity index is 1.61. The molecule has 0 N–H and O–H groups in total. The Labute approximate surface area is 143 Å². The highest BCUT2D eigenvalue weighted by molar-refractivity contribution is 5.96. The SMILES string of the molecule is COc1ccc(N2Cc3nn(Cc4ccccc4)c(=O)n3C2=O)cc1. The Morgan fingerprint density at radius 1 is 1.04 bits per heavy atom. The van der Waals surface area contributed by atoms with Crippen LogP contribution in [-0.2, 0) is 13.1 Å². The van der Waals surface area contributed by atoms with Gasteiger partial charge in [-0.3, -0.25) is 4.90 Å². The fourth-order valence-corrected chi connectivity index (χ4v) is 2.90. The highest BCUT2D eigenvalue weighted by atomic mass is 16.5. The summed E-state index contributed by atoms with van der Waals surface area (Å²) in [6, 6.07) is 16.3. The molecule has 1 aromatic heterocycles. The van der Waals surface area contributed by atoms with E-state index in [-0.39, 0.29) is 12.6 Å². The smallest absolute Gasteiger partial charge is 0.354 e. The van der Waals surface area contributed by atoms with Crippen molar-refractivity contribution < 1.29 is 9.53 Å². The summed E-state index contributed by atoms with van der Waals surface area (Å²) in [6.07, 6.45) is 0. The zero-order valence-corrected chi connectivity index (χ0v) is 13.6. The van der Waals surface area contributed by atoms with Crippen molar-refractivity contribution in [2.75, 3.05) is 12.0 Å². The van der Waals surface area contributed by atoms with Gasteiger partial charge in [0.1, 0.15) is 5.75 Å². The van der Waals surface area contributed by atoms with E-state index in [1.165, 1.54) is 9.58 Å². The molecule has 1 aliphatic rings. The van der Waals surface area contributed by atoms with Crippen molar-refractivity contribution in [3.63, 3.8) is 0 Å². The summed E-state index contributed by atoms with van der Waals surface area (Å²) in [4.78, 5) is 26.7. The molecule has 4 rings (SSSR count). The molecule has 25 heavy (non-hydrogen) atoms. The number of hydrogen-bond donors (Lipinski definition) is 0. The first-order chi connectivity index (χ1) is 12.2. The second-order valence-corrected chi connectivity index (χ2v) is 5.74. The Kier molecular flexibility index (Phi) is 3.61. The quantitative estimate of drug-likeness (QED) is 0.731. The molecule has 3 aromatic rings. The van der Waals surface area contributed by atoms with Gasteiger partial charge in [-0.15, -0.1) is 0 Å². The number of carbonyl (C=O) groups excluding carboxylic acids is 1. The third-order valence-corrected chi connectivity index (χ3v) is 4.19. The maximum absolute atomic E-state index is 12.6. The minimum atomic E-state index is -0.417. The van der Waals surface area contributed by atoms with Crippen molar-refractivity contribution in [3.8, 4) is 5.75 Å². The summed E-state index contributed by atoms with van der Waals surface area (Å²) in [5.41, 5.74) is 1.24. The largest absolute Gasteiger partial charge is 0.497 e. The van der Waals surface area contributed by atoms with Crippen LogP contribution < -0.4 is 15.3 Å². The summed E-state index contributed by atoms with van der Waals surface area (Å²) in [5, 5.41) is 4.33. The van der Waals surface area contributed by atoms with Gasteiger partial charge in [0.25, 0.3) is 0 Å². The van der Waals surface area contributed by atoms with Crippen molar-refractivity contribution in [1.82, 2.24) is 14.3 Å². The van der Waals surface area contributed by atoms with Crippen molar-refractivity contribution in [2.45, 2.75) is 13.1 Å². The number of rotatable bonds is 4. The summed E-state index contributed by atoms with van der Waals surface area (Å²) in [6.45, 7) is 0.609. The second kappa shape index (κ2) is 5.94. The third kappa shape index (κ3) is 2.59. The van der Waals surface area contributed by atoms with Gasteiger partial charge in [0.15, 0.2) is 5.82 Å². The number of benzene rings is 2. The summed E-state index contributed by atoms with van der Waals surface area (Å²) < 4.78 is 7.58. The van der Waals surface area contributed by atoms with E-state index in [4.69, 9.17) is 4.74 Å². The van der Waals surface area contributed by atoms with Gasteiger partial charge in [0.2, 0.25) is 0 Å². The molecule has 0 fully saturated rings. The van der Waals surface area contributed by atoms with E-state index < -0.39 is 5.69 Å². The molecule has 0 aliphatic carbocycles. The standard InChI is InChI=1S/C18H16N4O3/c1-25-15-9-7-14(8-10-15)20-12-16-19-21(18(24)22(16)17(20)23)11-13-5-3-2-4-6-13/h2-10H,11-12H2,1H3. The Hall–Kier alpha value is -3.35. The number of methoxy groups -OCH3 is 1. The molecule has 2 heterocycles. The maximum Gasteiger partial charge on any atom is 0.354 e. The number of ether oxygens (including phenoxy) is 1. The molecular weight excluding hydrogens is 320 g/mol. The molecule has 126 valence electrons. The van der Waals surface area contributed by atoms with Gasteiger partial charge in [-0.25, -0.2) is 14.3 Å². The highest BCUT2D eigenvalue weighted by Gasteiger charge is 2.33. The Morgan fingerprint density at radius 2 is 1.76 bits per heavy atom. The molecule has 0 radical (unpaired) electrons. The molecule has 0 saturated heterocycles. The van der Waals surface area contributed by atoms with Crippen LogP contribution in [0.15, 0.2) is 59.4 Å². The number of nitrogens with zero attached hydrogens (tertiary/aromatic N) is 4. The van der Waals surface area contributed by atoms with Crippen molar-refractivity contribution in [3.05, 3.63) is 76.5 Å². The molecule has 0 saturated carbocycles. The van der Waals surface area contributed by atoms with Crippen LogP contribution in [0, 0.1) is 0 Å². The lowest BCUT2D eigenvalue weighted by Gasteiger charge is -2.15. The van der Waals surface area contributed by atoms with Crippen molar-refractivity contribution in [1.29, 1.82) is 0 Å². The van der Waals surface area contributed by atoms with Gasteiger partial charge in [0.05, 0.1) is 20.2 Å². The van der Waals surface area contributed by atoms with Crippen LogP contribution in [0.1, 0.15) is 11.4 Å². The first-order valence-electron chi connectivity index (χ1n) is 7.86. The molecular formula is C18H16N4O3. The van der Waals surface area contributed by atoms with Crippen LogP contribution in [0.5, 0.6) is 5.75 Å². The molecule has 7 heteroatoms. The Bertz CT molecular complexity index is 974. The minimum absolute atomic E-state index is 0.266.